The van der Waals surface area contributed by atoms with Gasteiger partial charge in [-0.1, -0.05) is 33.6 Å². The first-order valence-corrected chi connectivity index (χ1v) is 11.7. The van der Waals surface area contributed by atoms with Crippen molar-refractivity contribution in [1.29, 1.82) is 0 Å². The minimum Gasteiger partial charge on any atom is -0.481 e. The SMILES string of the molecule is C[C@H](CCC(=O)O)C1CCC2C3C(O)C[C@@H]4CCCC[C@]4(C)C3CCC21C. The van der Waals surface area contributed by atoms with Crippen molar-refractivity contribution in [3.8, 4) is 0 Å². The standard InChI is InChI=1S/C24H40O3/c1-15(7-10-21(26)27)17-8-9-18-22-19(11-13-24(17,18)3)23(2)12-5-4-6-16(23)14-20(22)25/h15-20,22,25H,4-14H2,1-3H3,(H,26,27)/t15-,16+,17?,18?,19?,20?,22?,23+,24?/m1/s1. The van der Waals surface area contributed by atoms with Crippen molar-refractivity contribution in [1.82, 2.24) is 0 Å². The van der Waals surface area contributed by atoms with E-state index in [-0.39, 0.29) is 6.10 Å². The minimum absolute atomic E-state index is 0.108. The molecule has 27 heavy (non-hydrogen) atoms. The molecule has 2 N–H and O–H groups in total. The number of fused-ring (bicyclic) bond motifs is 5. The number of rotatable bonds is 4. The summed E-state index contributed by atoms with van der Waals surface area (Å²) < 4.78 is 0. The number of carbonyl (C=O) groups is 1. The van der Waals surface area contributed by atoms with Gasteiger partial charge < -0.3 is 10.2 Å². The minimum atomic E-state index is -0.663. The van der Waals surface area contributed by atoms with Crippen molar-refractivity contribution < 1.29 is 15.0 Å². The van der Waals surface area contributed by atoms with Crippen molar-refractivity contribution in [2.45, 2.75) is 97.5 Å². The molecule has 4 aliphatic carbocycles. The molecule has 9 atom stereocenters. The molecule has 0 heterocycles. The predicted molar refractivity (Wildman–Crippen MR) is 107 cm³/mol. The topological polar surface area (TPSA) is 57.5 Å². The summed E-state index contributed by atoms with van der Waals surface area (Å²) in [4.78, 5) is 11.0. The van der Waals surface area contributed by atoms with Crippen LogP contribution in [0.15, 0.2) is 0 Å². The van der Waals surface area contributed by atoms with Crippen LogP contribution in [-0.2, 0) is 4.79 Å². The molecule has 154 valence electrons. The Hall–Kier alpha value is -0.570. The molecule has 0 amide bonds. The second kappa shape index (κ2) is 7.04. The molecule has 4 saturated carbocycles. The Morgan fingerprint density at radius 3 is 2.52 bits per heavy atom. The Balaban J connectivity index is 1.56. The normalized spacial score (nSPS) is 50.4. The highest BCUT2D eigenvalue weighted by molar-refractivity contribution is 5.66. The molecule has 0 spiro atoms. The molecule has 0 aromatic rings. The van der Waals surface area contributed by atoms with Crippen LogP contribution >= 0.6 is 0 Å². The van der Waals surface area contributed by atoms with Crippen LogP contribution in [0.25, 0.3) is 0 Å². The highest BCUT2D eigenvalue weighted by Gasteiger charge is 2.62. The van der Waals surface area contributed by atoms with Gasteiger partial charge in [0.1, 0.15) is 0 Å². The lowest BCUT2D eigenvalue weighted by Gasteiger charge is -2.62. The van der Waals surface area contributed by atoms with Crippen LogP contribution in [0.5, 0.6) is 0 Å². The number of aliphatic hydroxyl groups is 1. The Morgan fingerprint density at radius 1 is 1.04 bits per heavy atom. The second-order valence-corrected chi connectivity index (χ2v) is 11.2. The van der Waals surface area contributed by atoms with Crippen LogP contribution in [0.4, 0.5) is 0 Å². The molecular formula is C24H40O3. The predicted octanol–water partition coefficient (Wildman–Crippen LogP) is 5.51. The summed E-state index contributed by atoms with van der Waals surface area (Å²) in [6.45, 7) is 7.33. The highest BCUT2D eigenvalue weighted by atomic mass is 16.4. The summed E-state index contributed by atoms with van der Waals surface area (Å²) in [7, 11) is 0. The van der Waals surface area contributed by atoms with Crippen LogP contribution in [0.1, 0.15) is 91.4 Å². The number of hydrogen-bond donors (Lipinski definition) is 2. The fourth-order valence-electron chi connectivity index (χ4n) is 8.78. The van der Waals surface area contributed by atoms with E-state index in [1.54, 1.807) is 0 Å². The van der Waals surface area contributed by atoms with Crippen LogP contribution in [0.3, 0.4) is 0 Å². The summed E-state index contributed by atoms with van der Waals surface area (Å²) in [6, 6.07) is 0. The average Bonchev–Trinajstić information content (AvgIpc) is 2.97. The lowest BCUT2D eigenvalue weighted by atomic mass is 9.44. The van der Waals surface area contributed by atoms with E-state index in [4.69, 9.17) is 5.11 Å². The molecule has 3 heteroatoms. The molecule has 0 aromatic heterocycles. The summed E-state index contributed by atoms with van der Waals surface area (Å²) >= 11 is 0. The van der Waals surface area contributed by atoms with E-state index in [9.17, 15) is 9.90 Å². The smallest absolute Gasteiger partial charge is 0.303 e. The summed E-state index contributed by atoms with van der Waals surface area (Å²) in [5.74, 6) is 3.02. The fourth-order valence-corrected chi connectivity index (χ4v) is 8.78. The van der Waals surface area contributed by atoms with Gasteiger partial charge in [-0.05, 0) is 97.7 Å². The quantitative estimate of drug-likeness (QED) is 0.680. The average molecular weight is 377 g/mol. The van der Waals surface area contributed by atoms with Gasteiger partial charge in [-0.3, -0.25) is 4.79 Å². The molecule has 4 fully saturated rings. The van der Waals surface area contributed by atoms with Crippen molar-refractivity contribution in [2.75, 3.05) is 0 Å². The fraction of sp³-hybridized carbons (Fsp3) is 0.958. The molecule has 4 rings (SSSR count). The van der Waals surface area contributed by atoms with Gasteiger partial charge in [-0.15, -0.1) is 0 Å². The first-order valence-electron chi connectivity index (χ1n) is 11.7. The Bertz CT molecular complexity index is 574. The van der Waals surface area contributed by atoms with Crippen molar-refractivity contribution in [2.24, 2.45) is 46.3 Å². The molecule has 0 saturated heterocycles. The van der Waals surface area contributed by atoms with E-state index in [1.165, 1.54) is 51.4 Å². The van der Waals surface area contributed by atoms with E-state index < -0.39 is 5.97 Å². The maximum atomic E-state index is 11.2. The zero-order valence-electron chi connectivity index (χ0n) is 17.6. The molecule has 0 bridgehead atoms. The third-order valence-corrected chi connectivity index (χ3v) is 10.2. The van der Waals surface area contributed by atoms with Crippen LogP contribution in [0.2, 0.25) is 0 Å². The van der Waals surface area contributed by atoms with E-state index >= 15 is 0 Å². The molecule has 0 aromatic carbocycles. The van der Waals surface area contributed by atoms with Gasteiger partial charge in [0.25, 0.3) is 0 Å². The molecule has 6 unspecified atom stereocenters. The summed E-state index contributed by atoms with van der Waals surface area (Å²) in [5, 5.41) is 20.3. The number of hydrogen-bond acceptors (Lipinski definition) is 2. The van der Waals surface area contributed by atoms with Crippen LogP contribution in [-0.4, -0.2) is 22.3 Å². The molecule has 3 nitrogen and oxygen atoms in total. The van der Waals surface area contributed by atoms with E-state index in [1.807, 2.05) is 0 Å². The van der Waals surface area contributed by atoms with Gasteiger partial charge in [0.2, 0.25) is 0 Å². The molecular weight excluding hydrogens is 336 g/mol. The zero-order valence-corrected chi connectivity index (χ0v) is 17.6. The monoisotopic (exact) mass is 376 g/mol. The first-order chi connectivity index (χ1) is 12.8. The summed E-state index contributed by atoms with van der Waals surface area (Å²) in [5.41, 5.74) is 0.758. The Kier molecular flexibility index (Phi) is 5.15. The van der Waals surface area contributed by atoms with Gasteiger partial charge in [0.05, 0.1) is 6.10 Å². The van der Waals surface area contributed by atoms with Crippen molar-refractivity contribution in [3.63, 3.8) is 0 Å². The summed E-state index contributed by atoms with van der Waals surface area (Å²) in [6.07, 6.45) is 12.5. The van der Waals surface area contributed by atoms with E-state index in [0.717, 1.165) is 18.8 Å². The lowest BCUT2D eigenvalue weighted by Crippen LogP contribution is -2.57. The Morgan fingerprint density at radius 2 is 1.78 bits per heavy atom. The van der Waals surface area contributed by atoms with Gasteiger partial charge >= 0.3 is 5.97 Å². The van der Waals surface area contributed by atoms with E-state index in [2.05, 4.69) is 20.8 Å². The van der Waals surface area contributed by atoms with E-state index in [0.29, 0.717) is 46.8 Å². The second-order valence-electron chi connectivity index (χ2n) is 11.2. The number of carboxylic acids is 1. The lowest BCUT2D eigenvalue weighted by molar-refractivity contribution is -0.164. The molecule has 0 aliphatic heterocycles. The largest absolute Gasteiger partial charge is 0.481 e. The number of aliphatic hydroxyl groups excluding tert-OH is 1. The van der Waals surface area contributed by atoms with Gasteiger partial charge in [-0.25, -0.2) is 0 Å². The van der Waals surface area contributed by atoms with Crippen molar-refractivity contribution in [3.05, 3.63) is 0 Å². The van der Waals surface area contributed by atoms with Gasteiger partial charge in [-0.2, -0.15) is 0 Å². The zero-order chi connectivity index (χ0) is 19.4. The third kappa shape index (κ3) is 3.07. The first kappa shape index (κ1) is 19.7. The number of aliphatic carboxylic acids is 1. The maximum Gasteiger partial charge on any atom is 0.303 e. The van der Waals surface area contributed by atoms with Crippen molar-refractivity contribution >= 4 is 5.97 Å². The highest BCUT2D eigenvalue weighted by Crippen LogP contribution is 2.68. The van der Waals surface area contributed by atoms with Crippen LogP contribution < -0.4 is 0 Å². The maximum absolute atomic E-state index is 11.2. The van der Waals surface area contributed by atoms with Gasteiger partial charge in [0, 0.05) is 6.42 Å². The Labute approximate surface area is 165 Å². The van der Waals surface area contributed by atoms with Gasteiger partial charge in [0.15, 0.2) is 0 Å². The molecule has 0 radical (unpaired) electrons. The van der Waals surface area contributed by atoms with Crippen LogP contribution in [0, 0.1) is 46.3 Å². The third-order valence-electron chi connectivity index (χ3n) is 10.2. The molecule has 4 aliphatic rings. The number of carboxylic acid groups (broad SMARTS) is 1.